The van der Waals surface area contributed by atoms with E-state index < -0.39 is 17.4 Å². The lowest BCUT2D eigenvalue weighted by Crippen LogP contribution is -2.39. The highest BCUT2D eigenvalue weighted by molar-refractivity contribution is 5.99. The number of hydrogen-bond acceptors (Lipinski definition) is 5. The number of carbonyl (C=O) groups is 2. The maximum absolute atomic E-state index is 11.9. The second-order valence-electron chi connectivity index (χ2n) is 4.22. The fraction of sp³-hybridized carbons (Fsp3) is 0.846. The molecule has 5 heteroatoms. The van der Waals surface area contributed by atoms with Crippen LogP contribution in [0.3, 0.4) is 0 Å². The van der Waals surface area contributed by atoms with Crippen molar-refractivity contribution in [2.75, 3.05) is 26.9 Å². The third-order valence-electron chi connectivity index (χ3n) is 2.73. The van der Waals surface area contributed by atoms with Crippen LogP contribution in [0.25, 0.3) is 0 Å². The number of hydrogen-bond donors (Lipinski definition) is 0. The maximum atomic E-state index is 11.9. The van der Waals surface area contributed by atoms with E-state index in [0.717, 1.165) is 6.42 Å². The van der Waals surface area contributed by atoms with Gasteiger partial charge in [0.2, 0.25) is 0 Å². The average Bonchev–Trinajstić information content (AvgIpc) is 2.35. The molecular weight excluding hydrogens is 236 g/mol. The lowest BCUT2D eigenvalue weighted by molar-refractivity contribution is -0.171. The summed E-state index contributed by atoms with van der Waals surface area (Å²) in [5, 5.41) is 0. The minimum absolute atomic E-state index is 0.256. The van der Waals surface area contributed by atoms with E-state index in [0.29, 0.717) is 19.4 Å². The van der Waals surface area contributed by atoms with Crippen LogP contribution in [0.2, 0.25) is 0 Å². The molecule has 0 aliphatic rings. The van der Waals surface area contributed by atoms with Gasteiger partial charge in [0.1, 0.15) is 0 Å². The zero-order valence-corrected chi connectivity index (χ0v) is 11.8. The van der Waals surface area contributed by atoms with Gasteiger partial charge in [0.15, 0.2) is 5.41 Å². The molecule has 0 aromatic heterocycles. The molecule has 106 valence electrons. The van der Waals surface area contributed by atoms with Crippen molar-refractivity contribution in [3.8, 4) is 0 Å². The van der Waals surface area contributed by atoms with Gasteiger partial charge in [-0.15, -0.1) is 0 Å². The van der Waals surface area contributed by atoms with Crippen LogP contribution < -0.4 is 0 Å². The molecule has 0 aromatic rings. The minimum Gasteiger partial charge on any atom is -0.465 e. The second-order valence-corrected chi connectivity index (χ2v) is 4.22. The summed E-state index contributed by atoms with van der Waals surface area (Å²) < 4.78 is 14.9. The highest BCUT2D eigenvalue weighted by Gasteiger charge is 2.43. The highest BCUT2D eigenvalue weighted by Crippen LogP contribution is 2.28. The van der Waals surface area contributed by atoms with Crippen LogP contribution in [-0.4, -0.2) is 38.9 Å². The van der Waals surface area contributed by atoms with Gasteiger partial charge in [-0.25, -0.2) is 0 Å². The summed E-state index contributed by atoms with van der Waals surface area (Å²) in [4.78, 5) is 23.8. The first kappa shape index (κ1) is 16.9. The summed E-state index contributed by atoms with van der Waals surface area (Å²) in [6.45, 7) is 6.14. The molecule has 0 aliphatic heterocycles. The molecule has 0 spiro atoms. The molecule has 0 unspecified atom stereocenters. The Hall–Kier alpha value is -1.10. The third-order valence-corrected chi connectivity index (χ3v) is 2.73. The van der Waals surface area contributed by atoms with Crippen LogP contribution >= 0.6 is 0 Å². The van der Waals surface area contributed by atoms with Crippen LogP contribution in [0, 0.1) is 5.41 Å². The van der Waals surface area contributed by atoms with Crippen molar-refractivity contribution >= 4 is 11.9 Å². The molecule has 0 saturated heterocycles. The number of ether oxygens (including phenoxy) is 3. The van der Waals surface area contributed by atoms with E-state index in [-0.39, 0.29) is 13.2 Å². The van der Waals surface area contributed by atoms with E-state index in [2.05, 4.69) is 0 Å². The lowest BCUT2D eigenvalue weighted by atomic mass is 9.85. The van der Waals surface area contributed by atoms with Gasteiger partial charge in [0.05, 0.1) is 13.2 Å². The first-order valence-corrected chi connectivity index (χ1v) is 6.36. The third kappa shape index (κ3) is 5.04. The van der Waals surface area contributed by atoms with Crippen molar-refractivity contribution in [3.05, 3.63) is 0 Å². The first-order valence-electron chi connectivity index (χ1n) is 6.36. The summed E-state index contributed by atoms with van der Waals surface area (Å²) in [5.74, 6) is -1.03. The van der Waals surface area contributed by atoms with Crippen LogP contribution in [0.4, 0.5) is 0 Å². The molecular formula is C13H24O5. The summed E-state index contributed by atoms with van der Waals surface area (Å²) in [6.07, 6.45) is 1.92. The van der Waals surface area contributed by atoms with E-state index >= 15 is 0 Å². The van der Waals surface area contributed by atoms with E-state index in [9.17, 15) is 9.59 Å². The molecule has 0 amide bonds. The molecule has 0 fully saturated rings. The summed E-state index contributed by atoms with van der Waals surface area (Å²) in [6, 6.07) is 0. The van der Waals surface area contributed by atoms with Crippen LogP contribution in [0.15, 0.2) is 0 Å². The molecule has 0 heterocycles. The first-order chi connectivity index (χ1) is 8.52. The summed E-state index contributed by atoms with van der Waals surface area (Å²) >= 11 is 0. The average molecular weight is 260 g/mol. The fourth-order valence-corrected chi connectivity index (χ4v) is 1.59. The summed E-state index contributed by atoms with van der Waals surface area (Å²) in [7, 11) is 1.62. The molecule has 0 saturated carbocycles. The standard InChI is InChI=1S/C13H24O5/c1-5-17-11(14)13(3,12(15)18-6-2)9-7-8-10-16-4/h5-10H2,1-4H3. The Kier molecular flexibility index (Phi) is 8.37. The van der Waals surface area contributed by atoms with E-state index in [1.54, 1.807) is 27.9 Å². The fourth-order valence-electron chi connectivity index (χ4n) is 1.59. The number of esters is 2. The normalized spacial score (nSPS) is 11.1. The van der Waals surface area contributed by atoms with Gasteiger partial charge in [-0.2, -0.15) is 0 Å². The number of unbranched alkanes of at least 4 members (excludes halogenated alkanes) is 1. The lowest BCUT2D eigenvalue weighted by Gasteiger charge is -2.24. The predicted octanol–water partition coefficient (Wildman–Crippen LogP) is 1.94. The van der Waals surface area contributed by atoms with E-state index in [1.807, 2.05) is 0 Å². The Morgan fingerprint density at radius 3 is 1.89 bits per heavy atom. The number of carbonyl (C=O) groups excluding carboxylic acids is 2. The van der Waals surface area contributed by atoms with Gasteiger partial charge in [-0.1, -0.05) is 0 Å². The largest absolute Gasteiger partial charge is 0.465 e. The maximum Gasteiger partial charge on any atom is 0.323 e. The summed E-state index contributed by atoms with van der Waals surface area (Å²) in [5.41, 5.74) is -1.21. The highest BCUT2D eigenvalue weighted by atomic mass is 16.6. The zero-order valence-electron chi connectivity index (χ0n) is 11.8. The SMILES string of the molecule is CCOC(=O)C(C)(CCCCOC)C(=O)OCC. The Bertz CT molecular complexity index is 244. The molecule has 0 N–H and O–H groups in total. The van der Waals surface area contributed by atoms with Crippen molar-refractivity contribution in [2.24, 2.45) is 5.41 Å². The Labute approximate surface area is 109 Å². The number of rotatable bonds is 9. The molecule has 0 bridgehead atoms. The van der Waals surface area contributed by atoms with Crippen molar-refractivity contribution in [1.29, 1.82) is 0 Å². The van der Waals surface area contributed by atoms with Gasteiger partial charge in [0.25, 0.3) is 0 Å². The van der Waals surface area contributed by atoms with Crippen molar-refractivity contribution in [2.45, 2.75) is 40.0 Å². The Morgan fingerprint density at radius 2 is 1.50 bits per heavy atom. The van der Waals surface area contributed by atoms with Crippen molar-refractivity contribution in [3.63, 3.8) is 0 Å². The smallest absolute Gasteiger partial charge is 0.323 e. The molecule has 0 radical (unpaired) electrons. The van der Waals surface area contributed by atoms with Crippen LogP contribution in [0.5, 0.6) is 0 Å². The van der Waals surface area contributed by atoms with Crippen molar-refractivity contribution < 1.29 is 23.8 Å². The Morgan fingerprint density at radius 1 is 1.00 bits per heavy atom. The van der Waals surface area contributed by atoms with Gasteiger partial charge in [-0.3, -0.25) is 9.59 Å². The van der Waals surface area contributed by atoms with Gasteiger partial charge < -0.3 is 14.2 Å². The zero-order chi connectivity index (χ0) is 14.0. The molecule has 0 rings (SSSR count). The Balaban J connectivity index is 4.58. The van der Waals surface area contributed by atoms with Gasteiger partial charge in [0, 0.05) is 13.7 Å². The number of methoxy groups -OCH3 is 1. The predicted molar refractivity (Wildman–Crippen MR) is 67.1 cm³/mol. The molecule has 0 aliphatic carbocycles. The van der Waals surface area contributed by atoms with Crippen LogP contribution in [0.1, 0.15) is 40.0 Å². The van der Waals surface area contributed by atoms with Crippen LogP contribution in [-0.2, 0) is 23.8 Å². The monoisotopic (exact) mass is 260 g/mol. The van der Waals surface area contributed by atoms with E-state index in [4.69, 9.17) is 14.2 Å². The second kappa shape index (κ2) is 8.91. The van der Waals surface area contributed by atoms with Gasteiger partial charge >= 0.3 is 11.9 Å². The quantitative estimate of drug-likeness (QED) is 0.360. The topological polar surface area (TPSA) is 61.8 Å². The van der Waals surface area contributed by atoms with Crippen molar-refractivity contribution in [1.82, 2.24) is 0 Å². The molecule has 0 aromatic carbocycles. The molecule has 0 atom stereocenters. The molecule has 18 heavy (non-hydrogen) atoms. The molecule has 5 nitrogen and oxygen atoms in total. The minimum atomic E-state index is -1.21. The van der Waals surface area contributed by atoms with Gasteiger partial charge in [-0.05, 0) is 40.0 Å². The van der Waals surface area contributed by atoms with E-state index in [1.165, 1.54) is 0 Å².